The Morgan fingerprint density at radius 1 is 1.25 bits per heavy atom. The number of hydrogen-bond donors (Lipinski definition) is 2. The van der Waals surface area contributed by atoms with Gasteiger partial charge in [-0.25, -0.2) is 4.68 Å². The second-order valence-corrected chi connectivity index (χ2v) is 11.2. The monoisotopic (exact) mass is 570 g/mol. The summed E-state index contributed by atoms with van der Waals surface area (Å²) >= 11 is 6.63. The standard InChI is InChI=1S/C28H27ClF3N7O/c1-27(2,3)15-35-24-16(12-33)13-34-25-20(24)10-17(11-21(25)29)36-26(22-14-39(38-37-22)18-8-9-18)19-6-4-5-7-23(19)40-28(30,31)32/h4-7,10-11,13-14,18,26,36H,8-9,15H2,1-3H3,(H,34,35)/t26-/m1/s1/i26D. The van der Waals surface area contributed by atoms with Gasteiger partial charge in [0.05, 0.1) is 35.4 Å². The van der Waals surface area contributed by atoms with E-state index in [1.165, 1.54) is 30.5 Å². The molecule has 0 aliphatic heterocycles. The first-order valence-corrected chi connectivity index (χ1v) is 13.0. The van der Waals surface area contributed by atoms with E-state index in [4.69, 9.17) is 11.6 Å². The third-order valence-electron chi connectivity index (χ3n) is 6.18. The number of aromatic nitrogens is 4. The Labute approximate surface area is 235 Å². The molecule has 0 saturated heterocycles. The van der Waals surface area contributed by atoms with Crippen molar-refractivity contribution in [1.82, 2.24) is 20.0 Å². The molecule has 1 aliphatic carbocycles. The van der Waals surface area contributed by atoms with E-state index >= 15 is 0 Å². The largest absolute Gasteiger partial charge is 0.573 e. The third kappa shape index (κ3) is 6.23. The first kappa shape index (κ1) is 26.2. The summed E-state index contributed by atoms with van der Waals surface area (Å²) < 4.78 is 55.5. The molecule has 0 radical (unpaired) electrons. The predicted octanol–water partition coefficient (Wildman–Crippen LogP) is 7.24. The molecule has 2 heterocycles. The highest BCUT2D eigenvalue weighted by Gasteiger charge is 2.34. The normalized spacial score (nSPS) is 15.7. The van der Waals surface area contributed by atoms with Crippen LogP contribution in [0.25, 0.3) is 10.9 Å². The molecule has 2 aromatic heterocycles. The zero-order valence-corrected chi connectivity index (χ0v) is 22.7. The van der Waals surface area contributed by atoms with Crippen LogP contribution in [-0.4, -0.2) is 32.9 Å². The average Bonchev–Trinajstić information content (AvgIpc) is 3.61. The molecule has 4 aromatic rings. The highest BCUT2D eigenvalue weighted by Crippen LogP contribution is 2.40. The van der Waals surface area contributed by atoms with Crippen molar-refractivity contribution in [2.24, 2.45) is 5.41 Å². The molecular formula is C28H27ClF3N7O. The zero-order valence-electron chi connectivity index (χ0n) is 23.0. The predicted molar refractivity (Wildman–Crippen MR) is 146 cm³/mol. The quantitative estimate of drug-likeness (QED) is 0.230. The highest BCUT2D eigenvalue weighted by atomic mass is 35.5. The molecule has 0 bridgehead atoms. The first-order chi connectivity index (χ1) is 19.3. The fraction of sp³-hybridized carbons (Fsp3) is 0.357. The molecule has 2 N–H and O–H groups in total. The number of nitrogens with zero attached hydrogens (tertiary/aromatic N) is 5. The first-order valence-electron chi connectivity index (χ1n) is 13.1. The number of nitriles is 1. The van der Waals surface area contributed by atoms with Crippen molar-refractivity contribution < 1.29 is 19.3 Å². The van der Waals surface area contributed by atoms with Gasteiger partial charge in [0, 0.05) is 29.4 Å². The van der Waals surface area contributed by atoms with Gasteiger partial charge in [0.15, 0.2) is 0 Å². The molecule has 5 rings (SSSR count). The SMILES string of the molecule is [2H][C@](Nc1cc(Cl)c2ncc(C#N)c(NCC(C)(C)C)c2c1)(c1cn(C2CC2)nn1)c1ccccc1OC(F)(F)F. The maximum atomic E-state index is 13.4. The molecule has 0 spiro atoms. The van der Waals surface area contributed by atoms with Gasteiger partial charge in [-0.2, -0.15) is 5.26 Å². The minimum absolute atomic E-state index is 0.0637. The van der Waals surface area contributed by atoms with Gasteiger partial charge in [-0.3, -0.25) is 4.98 Å². The van der Waals surface area contributed by atoms with Gasteiger partial charge in [0.25, 0.3) is 0 Å². The van der Waals surface area contributed by atoms with E-state index < -0.39 is 18.1 Å². The summed E-state index contributed by atoms with van der Waals surface area (Å²) in [4.78, 5) is 4.35. The van der Waals surface area contributed by atoms with E-state index in [1.54, 1.807) is 16.9 Å². The number of halogens is 4. The van der Waals surface area contributed by atoms with Gasteiger partial charge < -0.3 is 15.4 Å². The number of fused-ring (bicyclic) bond motifs is 1. The van der Waals surface area contributed by atoms with Crippen LogP contribution in [0, 0.1) is 16.7 Å². The molecule has 208 valence electrons. The maximum absolute atomic E-state index is 13.4. The van der Waals surface area contributed by atoms with Crippen molar-refractivity contribution in [1.29, 1.82) is 5.26 Å². The molecule has 0 unspecified atom stereocenters. The molecule has 1 fully saturated rings. The van der Waals surface area contributed by atoms with Crippen LogP contribution >= 0.6 is 11.6 Å². The summed E-state index contributed by atoms with van der Waals surface area (Å²) in [6, 6.07) is 8.79. The van der Waals surface area contributed by atoms with Crippen molar-refractivity contribution in [2.75, 3.05) is 17.2 Å². The molecular weight excluding hydrogens is 543 g/mol. The lowest BCUT2D eigenvalue weighted by Crippen LogP contribution is -2.21. The average molecular weight is 571 g/mol. The number of anilines is 2. The van der Waals surface area contributed by atoms with Gasteiger partial charge >= 0.3 is 6.36 Å². The summed E-state index contributed by atoms with van der Waals surface area (Å²) in [5, 5.41) is 25.2. The second-order valence-electron chi connectivity index (χ2n) is 10.8. The van der Waals surface area contributed by atoms with Crippen LogP contribution in [0.5, 0.6) is 5.75 Å². The fourth-order valence-electron chi connectivity index (χ4n) is 4.17. The van der Waals surface area contributed by atoms with Crippen LogP contribution in [0.3, 0.4) is 0 Å². The lowest BCUT2D eigenvalue weighted by Gasteiger charge is -2.23. The van der Waals surface area contributed by atoms with Crippen LogP contribution in [0.2, 0.25) is 5.02 Å². The van der Waals surface area contributed by atoms with Crippen molar-refractivity contribution in [3.8, 4) is 11.8 Å². The van der Waals surface area contributed by atoms with Crippen molar-refractivity contribution in [3.05, 3.63) is 70.6 Å². The van der Waals surface area contributed by atoms with Crippen LogP contribution in [0.4, 0.5) is 24.5 Å². The minimum Gasteiger partial charge on any atom is -0.405 e. The number of pyridine rings is 1. The van der Waals surface area contributed by atoms with Crippen molar-refractivity contribution in [3.63, 3.8) is 0 Å². The summed E-state index contributed by atoms with van der Waals surface area (Å²) in [7, 11) is 0. The Morgan fingerprint density at radius 2 is 2.00 bits per heavy atom. The summed E-state index contributed by atoms with van der Waals surface area (Å²) in [6.07, 6.45) is -0.206. The van der Waals surface area contributed by atoms with E-state index in [1.807, 2.05) is 20.8 Å². The molecule has 12 heteroatoms. The molecule has 2 aromatic carbocycles. The lowest BCUT2D eigenvalue weighted by molar-refractivity contribution is -0.274. The number of alkyl halides is 3. The van der Waals surface area contributed by atoms with Gasteiger partial charge in [0.1, 0.15) is 23.5 Å². The number of rotatable bonds is 8. The van der Waals surface area contributed by atoms with E-state index in [0.29, 0.717) is 28.7 Å². The number of nitrogens with one attached hydrogen (secondary N) is 2. The van der Waals surface area contributed by atoms with E-state index in [-0.39, 0.29) is 33.4 Å². The van der Waals surface area contributed by atoms with Crippen molar-refractivity contribution in [2.45, 2.75) is 52.0 Å². The van der Waals surface area contributed by atoms with Crippen LogP contribution in [0.1, 0.15) is 63.9 Å². The summed E-state index contributed by atoms with van der Waals surface area (Å²) in [6.45, 7) is 6.65. The Hall–Kier alpha value is -4.04. The molecule has 40 heavy (non-hydrogen) atoms. The van der Waals surface area contributed by atoms with Gasteiger partial charge in [-0.1, -0.05) is 55.8 Å². The molecule has 1 aliphatic rings. The zero-order chi connectivity index (χ0) is 29.6. The topological polar surface area (TPSA) is 101 Å². The van der Waals surface area contributed by atoms with Gasteiger partial charge in [-0.15, -0.1) is 18.3 Å². The fourth-order valence-corrected chi connectivity index (χ4v) is 4.44. The number of hydrogen-bond acceptors (Lipinski definition) is 7. The molecule has 8 nitrogen and oxygen atoms in total. The number of ether oxygens (including phenoxy) is 1. The molecule has 0 amide bonds. The summed E-state index contributed by atoms with van der Waals surface area (Å²) in [5.41, 5.74) is 1.32. The van der Waals surface area contributed by atoms with Crippen LogP contribution < -0.4 is 15.4 Å². The van der Waals surface area contributed by atoms with Gasteiger partial charge in [-0.05, 0) is 36.5 Å². The smallest absolute Gasteiger partial charge is 0.405 e. The Kier molecular flexibility index (Phi) is 6.88. The molecule has 1 atom stereocenters. The van der Waals surface area contributed by atoms with Crippen LogP contribution in [-0.2, 0) is 0 Å². The van der Waals surface area contributed by atoms with Crippen molar-refractivity contribution >= 4 is 33.9 Å². The summed E-state index contributed by atoms with van der Waals surface area (Å²) in [5.74, 6) is -0.559. The number of para-hydroxylation sites is 1. The highest BCUT2D eigenvalue weighted by molar-refractivity contribution is 6.35. The molecule has 1 saturated carbocycles. The van der Waals surface area contributed by atoms with Crippen LogP contribution in [0.15, 0.2) is 48.8 Å². The van der Waals surface area contributed by atoms with E-state index in [9.17, 15) is 19.8 Å². The maximum Gasteiger partial charge on any atom is 0.573 e. The second kappa shape index (κ2) is 10.5. The lowest BCUT2D eigenvalue weighted by atomic mass is 9.96. The van der Waals surface area contributed by atoms with E-state index in [2.05, 4.69) is 36.7 Å². The number of benzene rings is 2. The third-order valence-corrected chi connectivity index (χ3v) is 6.47. The minimum atomic E-state index is -4.98. The van der Waals surface area contributed by atoms with E-state index in [0.717, 1.165) is 18.9 Å². The Morgan fingerprint density at radius 3 is 2.67 bits per heavy atom. The Bertz CT molecular complexity index is 1640. The Balaban J connectivity index is 1.66. The van der Waals surface area contributed by atoms with Gasteiger partial charge in [0.2, 0.25) is 0 Å².